The van der Waals surface area contributed by atoms with Crippen LogP contribution in [-0.4, -0.2) is 35.7 Å². The molecule has 0 aliphatic heterocycles. The Bertz CT molecular complexity index is 1280. The van der Waals surface area contributed by atoms with Gasteiger partial charge in [-0.1, -0.05) is 43.7 Å². The van der Waals surface area contributed by atoms with Crippen LogP contribution in [0.1, 0.15) is 54.4 Å². The number of ether oxygens (including phenoxy) is 2. The Labute approximate surface area is 219 Å². The van der Waals surface area contributed by atoms with Gasteiger partial charge in [-0.3, -0.25) is 4.79 Å². The lowest BCUT2D eigenvalue weighted by atomic mass is 10.1. The molecule has 1 heterocycles. The van der Waals surface area contributed by atoms with Crippen LogP contribution in [0, 0.1) is 0 Å². The quantitative estimate of drug-likeness (QED) is 0.209. The van der Waals surface area contributed by atoms with E-state index in [2.05, 4.69) is 59.3 Å². The lowest BCUT2D eigenvalue weighted by Crippen LogP contribution is -2.24. The van der Waals surface area contributed by atoms with Crippen molar-refractivity contribution in [3.8, 4) is 11.5 Å². The Kier molecular flexibility index (Phi) is 9.58. The van der Waals surface area contributed by atoms with Gasteiger partial charge in [0.25, 0.3) is 5.91 Å². The zero-order chi connectivity index (χ0) is 25.9. The minimum Gasteiger partial charge on any atom is -0.497 e. The first-order valence-corrected chi connectivity index (χ1v) is 13.3. The Morgan fingerprint density at radius 1 is 0.919 bits per heavy atom. The van der Waals surface area contributed by atoms with E-state index >= 15 is 0 Å². The van der Waals surface area contributed by atoms with Crippen molar-refractivity contribution in [3.05, 3.63) is 89.7 Å². The predicted molar refractivity (Wildman–Crippen MR) is 149 cm³/mol. The Hall–Kier alpha value is -3.80. The van der Waals surface area contributed by atoms with Crippen molar-refractivity contribution < 1.29 is 14.3 Å². The Balaban J connectivity index is 1.23. The number of rotatable bonds is 14. The molecule has 0 saturated heterocycles. The second-order valence-electron chi connectivity index (χ2n) is 9.17. The number of nitrogens with one attached hydrogen (secondary N) is 1. The molecular weight excluding hydrogens is 462 g/mol. The van der Waals surface area contributed by atoms with Gasteiger partial charge in [0.05, 0.1) is 24.8 Å². The van der Waals surface area contributed by atoms with Crippen molar-refractivity contribution in [1.82, 2.24) is 14.9 Å². The van der Waals surface area contributed by atoms with Gasteiger partial charge in [-0.2, -0.15) is 0 Å². The smallest absolute Gasteiger partial charge is 0.251 e. The fourth-order valence-electron chi connectivity index (χ4n) is 4.45. The number of amides is 1. The first kappa shape index (κ1) is 26.3. The average Bonchev–Trinajstić information content (AvgIpc) is 3.30. The second kappa shape index (κ2) is 13.5. The van der Waals surface area contributed by atoms with E-state index in [1.807, 2.05) is 18.2 Å². The van der Waals surface area contributed by atoms with Crippen LogP contribution in [0.2, 0.25) is 0 Å². The standard InChI is InChI=1S/C31H37N3O3/c1-3-24-16-18-26(19-17-24)37-22-10-21-34-29-14-7-6-13-28(29)33-30(34)15-5-4-8-20-32-31(35)25-11-9-12-27(23-25)36-2/h6-7,9,11-14,16-19,23H,3-5,8,10,15,20-22H2,1-2H3,(H,32,35). The van der Waals surface area contributed by atoms with Crippen LogP contribution in [0.5, 0.6) is 11.5 Å². The SMILES string of the molecule is CCc1ccc(OCCCn2c(CCCCCNC(=O)c3cccc(OC)c3)nc3ccccc32)cc1. The fraction of sp³-hybridized carbons (Fsp3) is 0.355. The van der Waals surface area contributed by atoms with E-state index in [4.69, 9.17) is 14.5 Å². The minimum absolute atomic E-state index is 0.0655. The van der Waals surface area contributed by atoms with Crippen LogP contribution >= 0.6 is 0 Å². The first-order chi connectivity index (χ1) is 18.2. The zero-order valence-electron chi connectivity index (χ0n) is 21.9. The molecule has 0 aliphatic carbocycles. The number of hydrogen-bond acceptors (Lipinski definition) is 4. The summed E-state index contributed by atoms with van der Waals surface area (Å²) in [6, 6.07) is 23.9. The van der Waals surface area contributed by atoms with E-state index in [9.17, 15) is 4.79 Å². The molecule has 1 aromatic heterocycles. The predicted octanol–water partition coefficient (Wildman–Crippen LogP) is 6.22. The molecule has 194 valence electrons. The number of hydrogen-bond donors (Lipinski definition) is 1. The molecule has 0 unspecified atom stereocenters. The van der Waals surface area contributed by atoms with Crippen LogP contribution in [0.15, 0.2) is 72.8 Å². The van der Waals surface area contributed by atoms with Crippen LogP contribution in [0.3, 0.4) is 0 Å². The summed E-state index contributed by atoms with van der Waals surface area (Å²) >= 11 is 0. The van der Waals surface area contributed by atoms with Crippen molar-refractivity contribution in [2.75, 3.05) is 20.3 Å². The molecule has 0 fully saturated rings. The normalized spacial score (nSPS) is 11.0. The highest BCUT2D eigenvalue weighted by atomic mass is 16.5. The summed E-state index contributed by atoms with van der Waals surface area (Å²) < 4.78 is 13.5. The highest BCUT2D eigenvalue weighted by Gasteiger charge is 2.11. The highest BCUT2D eigenvalue weighted by molar-refractivity contribution is 5.94. The lowest BCUT2D eigenvalue weighted by Gasteiger charge is -2.11. The number of carbonyl (C=O) groups excluding carboxylic acids is 1. The Morgan fingerprint density at radius 2 is 1.76 bits per heavy atom. The van der Waals surface area contributed by atoms with Crippen molar-refractivity contribution in [2.45, 2.75) is 52.0 Å². The third-order valence-electron chi connectivity index (χ3n) is 6.55. The number of unbranched alkanes of at least 4 members (excludes halogenated alkanes) is 2. The van der Waals surface area contributed by atoms with Gasteiger partial charge in [0.15, 0.2) is 0 Å². The van der Waals surface area contributed by atoms with Gasteiger partial charge >= 0.3 is 0 Å². The number of imidazole rings is 1. The molecule has 0 bridgehead atoms. The number of aromatic nitrogens is 2. The molecule has 4 aromatic rings. The number of methoxy groups -OCH3 is 1. The summed E-state index contributed by atoms with van der Waals surface area (Å²) in [7, 11) is 1.60. The molecule has 0 saturated carbocycles. The summed E-state index contributed by atoms with van der Waals surface area (Å²) in [5.41, 5.74) is 4.16. The maximum absolute atomic E-state index is 12.4. The third kappa shape index (κ3) is 7.35. The van der Waals surface area contributed by atoms with Gasteiger partial charge in [0, 0.05) is 25.1 Å². The number of nitrogens with zero attached hydrogens (tertiary/aromatic N) is 2. The molecule has 1 amide bonds. The van der Waals surface area contributed by atoms with Gasteiger partial charge in [-0.15, -0.1) is 0 Å². The van der Waals surface area contributed by atoms with Crippen LogP contribution in [-0.2, 0) is 19.4 Å². The van der Waals surface area contributed by atoms with Crippen LogP contribution in [0.4, 0.5) is 0 Å². The van der Waals surface area contributed by atoms with Gasteiger partial charge < -0.3 is 19.4 Å². The number of aryl methyl sites for hydroxylation is 3. The third-order valence-corrected chi connectivity index (χ3v) is 6.55. The number of para-hydroxylation sites is 2. The van der Waals surface area contributed by atoms with E-state index in [0.29, 0.717) is 24.5 Å². The first-order valence-electron chi connectivity index (χ1n) is 13.3. The van der Waals surface area contributed by atoms with Gasteiger partial charge in [-0.25, -0.2) is 4.98 Å². The lowest BCUT2D eigenvalue weighted by molar-refractivity contribution is 0.0952. The molecule has 0 atom stereocenters. The van der Waals surface area contributed by atoms with Crippen molar-refractivity contribution in [2.24, 2.45) is 0 Å². The van der Waals surface area contributed by atoms with Crippen molar-refractivity contribution >= 4 is 16.9 Å². The minimum atomic E-state index is -0.0655. The molecule has 4 rings (SSSR count). The zero-order valence-corrected chi connectivity index (χ0v) is 21.9. The van der Waals surface area contributed by atoms with E-state index < -0.39 is 0 Å². The van der Waals surface area contributed by atoms with Gasteiger partial charge in [-0.05, 0) is 73.7 Å². The van der Waals surface area contributed by atoms with E-state index in [0.717, 1.165) is 62.2 Å². The summed E-state index contributed by atoms with van der Waals surface area (Å²) in [6.45, 7) is 4.36. The fourth-order valence-corrected chi connectivity index (χ4v) is 4.45. The number of carbonyl (C=O) groups is 1. The maximum Gasteiger partial charge on any atom is 0.251 e. The molecule has 1 N–H and O–H groups in total. The van der Waals surface area contributed by atoms with E-state index in [1.165, 1.54) is 11.1 Å². The summed E-state index contributed by atoms with van der Waals surface area (Å²) in [6.07, 6.45) is 5.85. The van der Waals surface area contributed by atoms with Gasteiger partial charge in [0.1, 0.15) is 17.3 Å². The topological polar surface area (TPSA) is 65.4 Å². The largest absolute Gasteiger partial charge is 0.497 e. The summed E-state index contributed by atoms with van der Waals surface area (Å²) in [4.78, 5) is 17.3. The van der Waals surface area contributed by atoms with Crippen LogP contribution < -0.4 is 14.8 Å². The van der Waals surface area contributed by atoms with Gasteiger partial charge in [0.2, 0.25) is 0 Å². The van der Waals surface area contributed by atoms with Crippen molar-refractivity contribution in [1.29, 1.82) is 0 Å². The van der Waals surface area contributed by atoms with E-state index in [1.54, 1.807) is 19.2 Å². The molecule has 37 heavy (non-hydrogen) atoms. The molecule has 0 spiro atoms. The van der Waals surface area contributed by atoms with Crippen LogP contribution in [0.25, 0.3) is 11.0 Å². The molecule has 3 aromatic carbocycles. The number of fused-ring (bicyclic) bond motifs is 1. The number of benzene rings is 3. The Morgan fingerprint density at radius 3 is 2.57 bits per heavy atom. The molecule has 0 aliphatic rings. The van der Waals surface area contributed by atoms with Crippen molar-refractivity contribution in [3.63, 3.8) is 0 Å². The second-order valence-corrected chi connectivity index (χ2v) is 9.17. The molecular formula is C31H37N3O3. The summed E-state index contributed by atoms with van der Waals surface area (Å²) in [5.74, 6) is 2.66. The maximum atomic E-state index is 12.4. The molecule has 6 nitrogen and oxygen atoms in total. The monoisotopic (exact) mass is 499 g/mol. The van der Waals surface area contributed by atoms with E-state index in [-0.39, 0.29) is 5.91 Å². The summed E-state index contributed by atoms with van der Waals surface area (Å²) in [5, 5.41) is 3.01. The average molecular weight is 500 g/mol. The molecule has 6 heteroatoms. The highest BCUT2D eigenvalue weighted by Crippen LogP contribution is 2.19. The molecule has 0 radical (unpaired) electrons.